The van der Waals surface area contributed by atoms with Crippen LogP contribution in [-0.4, -0.2) is 36.1 Å². The summed E-state index contributed by atoms with van der Waals surface area (Å²) in [6, 6.07) is 2.05. The summed E-state index contributed by atoms with van der Waals surface area (Å²) in [6.45, 7) is 4.33. The number of nitrogens with two attached hydrogens (primary N) is 1. The fraction of sp³-hybridized carbons (Fsp3) is 0.385. The maximum Gasteiger partial charge on any atom is 0.185 e. The van der Waals surface area contributed by atoms with Crippen molar-refractivity contribution in [3.05, 3.63) is 33.9 Å². The number of anilines is 2. The van der Waals surface area contributed by atoms with Gasteiger partial charge in [0, 0.05) is 60.5 Å². The molecule has 1 aliphatic heterocycles. The number of aromatic nitrogens is 2. The third-order valence-electron chi connectivity index (χ3n) is 3.40. The second-order valence-electron chi connectivity index (χ2n) is 4.63. The van der Waals surface area contributed by atoms with E-state index in [1.807, 2.05) is 17.8 Å². The van der Waals surface area contributed by atoms with Gasteiger partial charge >= 0.3 is 0 Å². The fourth-order valence-corrected chi connectivity index (χ4v) is 3.47. The standard InChI is InChI=1S/C13H16BrN5S/c14-11-7-10(8-15)12(17-9-11)18-2-4-19(5-3-18)13-16-1-6-20-13/h1,6-7,9H,2-5,8,15H2. The first-order valence-electron chi connectivity index (χ1n) is 6.52. The smallest absolute Gasteiger partial charge is 0.185 e. The van der Waals surface area contributed by atoms with E-state index in [2.05, 4.69) is 41.8 Å². The van der Waals surface area contributed by atoms with Gasteiger partial charge in [-0.15, -0.1) is 11.3 Å². The fourth-order valence-electron chi connectivity index (χ4n) is 2.39. The third-order valence-corrected chi connectivity index (χ3v) is 4.66. The summed E-state index contributed by atoms with van der Waals surface area (Å²) in [5.41, 5.74) is 6.91. The van der Waals surface area contributed by atoms with Crippen LogP contribution in [0.1, 0.15) is 5.56 Å². The number of hydrogen-bond donors (Lipinski definition) is 1. The predicted molar refractivity (Wildman–Crippen MR) is 86.4 cm³/mol. The summed E-state index contributed by atoms with van der Waals surface area (Å²) < 4.78 is 0.975. The lowest BCUT2D eigenvalue weighted by atomic mass is 10.2. The minimum Gasteiger partial charge on any atom is -0.353 e. The summed E-state index contributed by atoms with van der Waals surface area (Å²) in [4.78, 5) is 13.5. The molecular formula is C13H16BrN5S. The quantitative estimate of drug-likeness (QED) is 0.915. The zero-order chi connectivity index (χ0) is 13.9. The van der Waals surface area contributed by atoms with E-state index in [1.54, 1.807) is 11.3 Å². The Kier molecular flexibility index (Phi) is 4.18. The molecule has 0 amide bonds. The zero-order valence-corrected chi connectivity index (χ0v) is 13.4. The van der Waals surface area contributed by atoms with E-state index < -0.39 is 0 Å². The van der Waals surface area contributed by atoms with Crippen LogP contribution in [0.3, 0.4) is 0 Å². The molecule has 3 heterocycles. The molecule has 0 aromatic carbocycles. The van der Waals surface area contributed by atoms with E-state index >= 15 is 0 Å². The van der Waals surface area contributed by atoms with Crippen molar-refractivity contribution in [1.82, 2.24) is 9.97 Å². The molecule has 0 saturated carbocycles. The van der Waals surface area contributed by atoms with Crippen LogP contribution in [0, 0.1) is 0 Å². The zero-order valence-electron chi connectivity index (χ0n) is 11.0. The number of pyridine rings is 1. The average Bonchev–Trinajstić information content (AvgIpc) is 3.01. The Bertz CT molecular complexity index is 566. The van der Waals surface area contributed by atoms with Gasteiger partial charge in [-0.2, -0.15) is 0 Å². The normalized spacial score (nSPS) is 15.7. The molecule has 2 aromatic heterocycles. The topological polar surface area (TPSA) is 58.3 Å². The molecule has 0 spiro atoms. The Labute approximate surface area is 130 Å². The highest BCUT2D eigenvalue weighted by atomic mass is 79.9. The molecule has 1 aliphatic rings. The molecule has 0 radical (unpaired) electrons. The van der Waals surface area contributed by atoms with Gasteiger partial charge in [0.15, 0.2) is 5.13 Å². The predicted octanol–water partition coefficient (Wildman–Crippen LogP) is 2.09. The van der Waals surface area contributed by atoms with Gasteiger partial charge in [0.25, 0.3) is 0 Å². The molecule has 1 fully saturated rings. The van der Waals surface area contributed by atoms with Gasteiger partial charge in [-0.1, -0.05) is 0 Å². The highest BCUT2D eigenvalue weighted by molar-refractivity contribution is 9.10. The van der Waals surface area contributed by atoms with Gasteiger partial charge in [-0.3, -0.25) is 0 Å². The molecule has 7 heteroatoms. The Morgan fingerprint density at radius 2 is 1.95 bits per heavy atom. The van der Waals surface area contributed by atoms with Crippen molar-refractivity contribution in [2.75, 3.05) is 36.0 Å². The van der Waals surface area contributed by atoms with Gasteiger partial charge in [0.05, 0.1) is 0 Å². The monoisotopic (exact) mass is 353 g/mol. The minimum atomic E-state index is 0.508. The molecule has 2 N–H and O–H groups in total. The highest BCUT2D eigenvalue weighted by Crippen LogP contribution is 2.24. The van der Waals surface area contributed by atoms with Crippen LogP contribution in [0.2, 0.25) is 0 Å². The van der Waals surface area contributed by atoms with Crippen molar-refractivity contribution in [1.29, 1.82) is 0 Å². The van der Waals surface area contributed by atoms with Gasteiger partial charge in [-0.05, 0) is 22.0 Å². The summed E-state index contributed by atoms with van der Waals surface area (Å²) in [5, 5.41) is 3.12. The number of hydrogen-bond acceptors (Lipinski definition) is 6. The largest absolute Gasteiger partial charge is 0.353 e. The molecule has 0 atom stereocenters. The Balaban J connectivity index is 1.72. The molecule has 0 unspecified atom stereocenters. The van der Waals surface area contributed by atoms with Crippen molar-refractivity contribution >= 4 is 38.2 Å². The lowest BCUT2D eigenvalue weighted by Gasteiger charge is -2.36. The summed E-state index contributed by atoms with van der Waals surface area (Å²) in [6.07, 6.45) is 3.69. The minimum absolute atomic E-state index is 0.508. The summed E-state index contributed by atoms with van der Waals surface area (Å²) in [5.74, 6) is 1.01. The van der Waals surface area contributed by atoms with E-state index in [0.29, 0.717) is 6.54 Å². The Morgan fingerprint density at radius 3 is 2.60 bits per heavy atom. The van der Waals surface area contributed by atoms with Crippen LogP contribution in [0.5, 0.6) is 0 Å². The maximum absolute atomic E-state index is 5.82. The number of thiazole rings is 1. The van der Waals surface area contributed by atoms with E-state index in [0.717, 1.165) is 47.2 Å². The Morgan fingerprint density at radius 1 is 1.20 bits per heavy atom. The van der Waals surface area contributed by atoms with E-state index in [9.17, 15) is 0 Å². The highest BCUT2D eigenvalue weighted by Gasteiger charge is 2.21. The van der Waals surface area contributed by atoms with Gasteiger partial charge in [-0.25, -0.2) is 9.97 Å². The summed E-state index contributed by atoms with van der Waals surface area (Å²) >= 11 is 5.14. The Hall–Kier alpha value is -1.18. The summed E-state index contributed by atoms with van der Waals surface area (Å²) in [7, 11) is 0. The van der Waals surface area contributed by atoms with Crippen molar-refractivity contribution in [2.45, 2.75) is 6.54 Å². The van der Waals surface area contributed by atoms with Crippen molar-refractivity contribution < 1.29 is 0 Å². The van der Waals surface area contributed by atoms with Gasteiger partial charge in [0.2, 0.25) is 0 Å². The second kappa shape index (κ2) is 6.07. The van der Waals surface area contributed by atoms with Gasteiger partial charge < -0.3 is 15.5 Å². The number of piperazine rings is 1. The first-order valence-corrected chi connectivity index (χ1v) is 8.19. The lowest BCUT2D eigenvalue weighted by molar-refractivity contribution is 0.643. The third kappa shape index (κ3) is 2.79. The lowest BCUT2D eigenvalue weighted by Crippen LogP contribution is -2.47. The molecule has 0 bridgehead atoms. The molecule has 0 aliphatic carbocycles. The van der Waals surface area contributed by atoms with Crippen molar-refractivity contribution in [3.8, 4) is 0 Å². The number of halogens is 1. The number of rotatable bonds is 3. The molecule has 2 aromatic rings. The first kappa shape index (κ1) is 13.8. The molecule has 5 nitrogen and oxygen atoms in total. The van der Waals surface area contributed by atoms with Crippen LogP contribution < -0.4 is 15.5 Å². The van der Waals surface area contributed by atoms with Crippen LogP contribution >= 0.6 is 27.3 Å². The molecular weight excluding hydrogens is 338 g/mol. The van der Waals surface area contributed by atoms with E-state index in [4.69, 9.17) is 5.73 Å². The SMILES string of the molecule is NCc1cc(Br)cnc1N1CCN(c2nccs2)CC1. The molecule has 106 valence electrons. The molecule has 20 heavy (non-hydrogen) atoms. The maximum atomic E-state index is 5.82. The van der Waals surface area contributed by atoms with E-state index in [1.165, 1.54) is 0 Å². The van der Waals surface area contributed by atoms with Gasteiger partial charge in [0.1, 0.15) is 5.82 Å². The average molecular weight is 354 g/mol. The van der Waals surface area contributed by atoms with Crippen molar-refractivity contribution in [3.63, 3.8) is 0 Å². The van der Waals surface area contributed by atoms with Crippen LogP contribution in [0.15, 0.2) is 28.3 Å². The molecule has 1 saturated heterocycles. The molecule has 3 rings (SSSR count). The van der Waals surface area contributed by atoms with Crippen LogP contribution in [0.25, 0.3) is 0 Å². The second-order valence-corrected chi connectivity index (χ2v) is 6.42. The van der Waals surface area contributed by atoms with Crippen LogP contribution in [-0.2, 0) is 6.54 Å². The van der Waals surface area contributed by atoms with Crippen molar-refractivity contribution in [2.24, 2.45) is 5.73 Å². The number of nitrogens with zero attached hydrogens (tertiary/aromatic N) is 4. The first-order chi connectivity index (χ1) is 9.78. The van der Waals surface area contributed by atoms with Crippen LogP contribution in [0.4, 0.5) is 10.9 Å². The van der Waals surface area contributed by atoms with E-state index in [-0.39, 0.29) is 0 Å².